The summed E-state index contributed by atoms with van der Waals surface area (Å²) >= 11 is 0. The van der Waals surface area contributed by atoms with Crippen LogP contribution in [0.1, 0.15) is 5.56 Å². The van der Waals surface area contributed by atoms with Gasteiger partial charge < -0.3 is 14.5 Å². The van der Waals surface area contributed by atoms with Crippen LogP contribution in [0.2, 0.25) is 0 Å². The zero-order valence-electron chi connectivity index (χ0n) is 18.6. The van der Waals surface area contributed by atoms with Crippen molar-refractivity contribution in [2.75, 3.05) is 43.0 Å². The lowest BCUT2D eigenvalue weighted by Gasteiger charge is -2.22. The summed E-state index contributed by atoms with van der Waals surface area (Å²) in [6.45, 7) is 0. The molecule has 0 radical (unpaired) electrons. The Kier molecular flexibility index (Phi) is 5.69. The number of hydrogen-bond donors (Lipinski definition) is 0. The number of benzene rings is 3. The van der Waals surface area contributed by atoms with E-state index in [0.29, 0.717) is 28.3 Å². The minimum Gasteiger partial charge on any atom is -0.497 e. The number of carbonyl (C=O) groups is 2. The molecule has 32 heavy (non-hydrogen) atoms. The van der Waals surface area contributed by atoms with Gasteiger partial charge in [-0.15, -0.1) is 0 Å². The van der Waals surface area contributed by atoms with Crippen LogP contribution in [-0.4, -0.2) is 40.1 Å². The highest BCUT2D eigenvalue weighted by Gasteiger charge is 2.42. The molecular formula is C26H25N3O3. The maximum Gasteiger partial charge on any atom is 0.282 e. The Balaban J connectivity index is 1.85. The molecule has 4 rings (SSSR count). The first kappa shape index (κ1) is 21.2. The summed E-state index contributed by atoms with van der Waals surface area (Å²) in [5, 5.41) is 0. The molecule has 0 saturated carbocycles. The normalized spacial score (nSPS) is 13.6. The van der Waals surface area contributed by atoms with Crippen LogP contribution in [-0.2, 0) is 9.59 Å². The first-order valence-corrected chi connectivity index (χ1v) is 10.3. The van der Waals surface area contributed by atoms with Crippen LogP contribution < -0.4 is 19.4 Å². The van der Waals surface area contributed by atoms with Crippen molar-refractivity contribution in [3.05, 3.63) is 90.1 Å². The third-order valence-electron chi connectivity index (χ3n) is 5.52. The van der Waals surface area contributed by atoms with Gasteiger partial charge >= 0.3 is 0 Å². The molecule has 0 bridgehead atoms. The summed E-state index contributed by atoms with van der Waals surface area (Å²) in [7, 11) is 7.23. The minimum absolute atomic E-state index is 0.335. The van der Waals surface area contributed by atoms with Crippen molar-refractivity contribution in [2.45, 2.75) is 0 Å². The number of likely N-dealkylation sites (N-methyl/N-ethyl adjacent to an activating group) is 1. The van der Waals surface area contributed by atoms with Gasteiger partial charge in [0.05, 0.1) is 18.4 Å². The molecule has 0 unspecified atom stereocenters. The molecule has 1 heterocycles. The predicted molar refractivity (Wildman–Crippen MR) is 128 cm³/mol. The van der Waals surface area contributed by atoms with Gasteiger partial charge in [-0.05, 0) is 48.0 Å². The smallest absolute Gasteiger partial charge is 0.282 e. The summed E-state index contributed by atoms with van der Waals surface area (Å²) in [4.78, 5) is 32.3. The maximum atomic E-state index is 13.7. The van der Waals surface area contributed by atoms with Crippen molar-refractivity contribution < 1.29 is 14.3 Å². The fraction of sp³-hybridized carbons (Fsp3) is 0.154. The predicted octanol–water partition coefficient (Wildman–Crippen LogP) is 4.18. The van der Waals surface area contributed by atoms with Gasteiger partial charge in [-0.2, -0.15) is 0 Å². The summed E-state index contributed by atoms with van der Waals surface area (Å²) in [6.07, 6.45) is 0. The van der Waals surface area contributed by atoms with Crippen molar-refractivity contribution >= 4 is 34.4 Å². The molecule has 6 heteroatoms. The average molecular weight is 428 g/mol. The number of carbonyl (C=O) groups excluding carboxylic acids is 2. The van der Waals surface area contributed by atoms with Crippen LogP contribution in [0.3, 0.4) is 0 Å². The highest BCUT2D eigenvalue weighted by atomic mass is 16.5. The lowest BCUT2D eigenvalue weighted by molar-refractivity contribution is -0.120. The Morgan fingerprint density at radius 3 is 2.03 bits per heavy atom. The van der Waals surface area contributed by atoms with Crippen LogP contribution in [0.25, 0.3) is 5.57 Å². The van der Waals surface area contributed by atoms with E-state index in [1.165, 1.54) is 4.90 Å². The van der Waals surface area contributed by atoms with Gasteiger partial charge in [-0.3, -0.25) is 9.59 Å². The Labute approximate surface area is 187 Å². The number of methoxy groups -OCH3 is 1. The number of imide groups is 1. The number of nitrogens with zero attached hydrogens (tertiary/aromatic N) is 3. The quantitative estimate of drug-likeness (QED) is 0.553. The van der Waals surface area contributed by atoms with Crippen LogP contribution in [0.5, 0.6) is 5.75 Å². The fourth-order valence-electron chi connectivity index (χ4n) is 3.77. The molecule has 0 atom stereocenters. The number of para-hydroxylation sites is 1. The fourth-order valence-corrected chi connectivity index (χ4v) is 3.77. The van der Waals surface area contributed by atoms with Crippen molar-refractivity contribution in [1.82, 2.24) is 0 Å². The molecule has 3 aromatic carbocycles. The molecule has 1 aliphatic rings. The SMILES string of the molecule is COc1ccc(C2=C(N(C)c3ccccc3)C(=O)N(c3cccc(N(C)C)c3)C2=O)cc1. The van der Waals surface area contributed by atoms with Crippen LogP contribution in [0.15, 0.2) is 84.6 Å². The molecule has 0 spiro atoms. The van der Waals surface area contributed by atoms with E-state index in [1.807, 2.05) is 67.5 Å². The summed E-state index contributed by atoms with van der Waals surface area (Å²) in [5.41, 5.74) is 3.61. The molecule has 3 aromatic rings. The molecule has 0 N–H and O–H groups in total. The second kappa shape index (κ2) is 8.59. The second-order valence-corrected chi connectivity index (χ2v) is 7.71. The zero-order valence-corrected chi connectivity index (χ0v) is 18.6. The Morgan fingerprint density at radius 1 is 0.750 bits per heavy atom. The first-order valence-electron chi connectivity index (χ1n) is 10.3. The van der Waals surface area contributed by atoms with E-state index in [1.54, 1.807) is 49.4 Å². The summed E-state index contributed by atoms with van der Waals surface area (Å²) in [6, 6.07) is 24.1. The van der Waals surface area contributed by atoms with Crippen LogP contribution >= 0.6 is 0 Å². The van der Waals surface area contributed by atoms with E-state index in [9.17, 15) is 9.59 Å². The van der Waals surface area contributed by atoms with Gasteiger partial charge in [0.15, 0.2) is 0 Å². The zero-order chi connectivity index (χ0) is 22.8. The monoisotopic (exact) mass is 427 g/mol. The maximum absolute atomic E-state index is 13.7. The Bertz CT molecular complexity index is 1180. The number of amides is 2. The molecular weight excluding hydrogens is 402 g/mol. The lowest BCUT2D eigenvalue weighted by atomic mass is 10.0. The number of hydrogen-bond acceptors (Lipinski definition) is 5. The summed E-state index contributed by atoms with van der Waals surface area (Å²) in [5.74, 6) is -0.0310. The van der Waals surface area contributed by atoms with Crippen molar-refractivity contribution in [3.8, 4) is 5.75 Å². The van der Waals surface area contributed by atoms with Gasteiger partial charge in [-0.25, -0.2) is 4.90 Å². The average Bonchev–Trinajstić information content (AvgIpc) is 3.09. The number of ether oxygens (including phenoxy) is 1. The van der Waals surface area contributed by atoms with E-state index in [-0.39, 0.29) is 11.8 Å². The van der Waals surface area contributed by atoms with Gasteiger partial charge in [0.1, 0.15) is 11.4 Å². The van der Waals surface area contributed by atoms with Crippen LogP contribution in [0.4, 0.5) is 17.1 Å². The van der Waals surface area contributed by atoms with E-state index in [2.05, 4.69) is 0 Å². The van der Waals surface area contributed by atoms with E-state index >= 15 is 0 Å². The van der Waals surface area contributed by atoms with E-state index in [4.69, 9.17) is 4.74 Å². The van der Waals surface area contributed by atoms with Gasteiger partial charge in [0.2, 0.25) is 0 Å². The van der Waals surface area contributed by atoms with Crippen molar-refractivity contribution in [1.29, 1.82) is 0 Å². The van der Waals surface area contributed by atoms with E-state index < -0.39 is 0 Å². The highest BCUT2D eigenvalue weighted by molar-refractivity contribution is 6.46. The molecule has 2 amide bonds. The first-order chi connectivity index (χ1) is 15.4. The van der Waals surface area contributed by atoms with Crippen molar-refractivity contribution in [3.63, 3.8) is 0 Å². The molecule has 1 aliphatic heterocycles. The molecule has 0 saturated heterocycles. The standard InChI is InChI=1S/C26H25N3O3/c1-27(2)20-11-8-12-21(17-20)29-25(30)23(18-13-15-22(32-4)16-14-18)24(26(29)31)28(3)19-9-6-5-7-10-19/h5-17H,1-4H3. The van der Waals surface area contributed by atoms with Crippen molar-refractivity contribution in [2.24, 2.45) is 0 Å². The Hall–Kier alpha value is -4.06. The molecule has 162 valence electrons. The third kappa shape index (κ3) is 3.71. The van der Waals surface area contributed by atoms with E-state index in [0.717, 1.165) is 11.4 Å². The molecule has 0 aromatic heterocycles. The second-order valence-electron chi connectivity index (χ2n) is 7.71. The van der Waals surface area contributed by atoms with Gasteiger partial charge in [0, 0.05) is 32.5 Å². The lowest BCUT2D eigenvalue weighted by Crippen LogP contribution is -2.34. The van der Waals surface area contributed by atoms with Crippen LogP contribution in [0, 0.1) is 0 Å². The molecule has 6 nitrogen and oxygen atoms in total. The molecule has 0 fully saturated rings. The topological polar surface area (TPSA) is 53.1 Å². The summed E-state index contributed by atoms with van der Waals surface area (Å²) < 4.78 is 5.26. The number of rotatable bonds is 6. The minimum atomic E-state index is -0.358. The van der Waals surface area contributed by atoms with Gasteiger partial charge in [0.25, 0.3) is 11.8 Å². The third-order valence-corrected chi connectivity index (χ3v) is 5.52. The highest BCUT2D eigenvalue weighted by Crippen LogP contribution is 2.37. The van der Waals surface area contributed by atoms with Gasteiger partial charge in [-0.1, -0.05) is 36.4 Å². The number of anilines is 3. The largest absolute Gasteiger partial charge is 0.497 e. The molecule has 0 aliphatic carbocycles. The Morgan fingerprint density at radius 2 is 1.41 bits per heavy atom.